The van der Waals surface area contributed by atoms with Gasteiger partial charge in [-0.15, -0.1) is 29.7 Å². The number of nitrogens with zero attached hydrogens (tertiary/aromatic N) is 4. The summed E-state index contributed by atoms with van der Waals surface area (Å²) >= 11 is 0. The Kier molecular flexibility index (Phi) is 8.32. The Morgan fingerprint density at radius 1 is 0.685 bits per heavy atom. The van der Waals surface area contributed by atoms with Crippen LogP contribution in [-0.4, -0.2) is 14.1 Å². The molecule has 0 saturated heterocycles. The normalized spacial score (nSPS) is 22.1. The van der Waals surface area contributed by atoms with Gasteiger partial charge in [0.2, 0.25) is 6.33 Å². The first kappa shape index (κ1) is 33.6. The van der Waals surface area contributed by atoms with E-state index in [2.05, 4.69) is 108 Å². The minimum Gasteiger partial charge on any atom is -0.510 e. The monoisotopic (exact) mass is 883 g/mol. The number of para-hydroxylation sites is 3. The molecule has 3 heterocycles. The Balaban J connectivity index is 0.00000361. The Labute approximate surface area is 330 Å². The number of benzene rings is 5. The third kappa shape index (κ3) is 5.54. The summed E-state index contributed by atoms with van der Waals surface area (Å²) < 4.78 is 12.8. The van der Waals surface area contributed by atoms with Crippen LogP contribution >= 0.6 is 0 Å². The summed E-state index contributed by atoms with van der Waals surface area (Å²) in [5.74, 6) is 6.69. The summed E-state index contributed by atoms with van der Waals surface area (Å²) in [6.07, 6.45) is 12.5. The first-order valence-electron chi connectivity index (χ1n) is 19.2. The number of hydrogen-bond acceptors (Lipinski definition) is 2. The van der Waals surface area contributed by atoms with Crippen molar-refractivity contribution >= 4 is 32.8 Å². The van der Waals surface area contributed by atoms with E-state index < -0.39 is 0 Å². The largest absolute Gasteiger partial charge is 0.510 e. The number of hydrogen-bond donors (Lipinski definition) is 0. The van der Waals surface area contributed by atoms with Crippen LogP contribution in [0.1, 0.15) is 49.1 Å². The number of aromatic nitrogens is 4. The molecule has 4 aliphatic carbocycles. The molecular weight excluding hydrogens is 844 g/mol. The van der Waals surface area contributed by atoms with Crippen molar-refractivity contribution in [3.8, 4) is 23.0 Å². The van der Waals surface area contributed by atoms with E-state index in [0.717, 1.165) is 62.6 Å². The van der Waals surface area contributed by atoms with Crippen LogP contribution in [0.2, 0.25) is 0 Å². The van der Waals surface area contributed by atoms with Gasteiger partial charge in [-0.25, -0.2) is 4.98 Å². The second kappa shape index (κ2) is 13.4. The van der Waals surface area contributed by atoms with Crippen molar-refractivity contribution in [2.45, 2.75) is 38.0 Å². The van der Waals surface area contributed by atoms with E-state index >= 15 is 0 Å². The fraction of sp³-hybridized carbons (Fsp3) is 0.250. The van der Waals surface area contributed by atoms with Crippen molar-refractivity contribution < 1.29 is 30.4 Å². The molecule has 5 nitrogen and oxygen atoms in total. The molecule has 4 fully saturated rings. The van der Waals surface area contributed by atoms with Gasteiger partial charge in [-0.3, -0.25) is 0 Å². The van der Waals surface area contributed by atoms with E-state index in [-0.39, 0.29) is 21.1 Å². The molecule has 8 aromatic rings. The molecule has 12 rings (SSSR count). The molecule has 1 atom stereocenters. The average molecular weight is 884 g/mol. The molecule has 54 heavy (non-hydrogen) atoms. The maximum Gasteiger partial charge on any atom is 0.242 e. The third-order valence-corrected chi connectivity index (χ3v) is 12.7. The van der Waals surface area contributed by atoms with E-state index in [1.165, 1.54) is 48.6 Å². The van der Waals surface area contributed by atoms with Crippen molar-refractivity contribution in [3.63, 3.8) is 0 Å². The fourth-order valence-electron chi connectivity index (χ4n) is 10.9. The number of aryl methyl sites for hydroxylation is 1. The van der Waals surface area contributed by atoms with E-state index in [4.69, 9.17) is 9.72 Å². The van der Waals surface area contributed by atoms with Crippen LogP contribution in [0.4, 0.5) is 0 Å². The van der Waals surface area contributed by atoms with Gasteiger partial charge < -0.3 is 18.4 Å². The molecule has 4 saturated carbocycles. The molecule has 5 aromatic carbocycles. The molecule has 1 unspecified atom stereocenters. The Morgan fingerprint density at radius 2 is 1.41 bits per heavy atom. The predicted octanol–water partition coefficient (Wildman–Crippen LogP) is 10.3. The van der Waals surface area contributed by atoms with Crippen molar-refractivity contribution in [2.24, 2.45) is 36.6 Å². The summed E-state index contributed by atoms with van der Waals surface area (Å²) in [6.45, 7) is 0. The Hall–Kier alpha value is -4.99. The third-order valence-electron chi connectivity index (χ3n) is 12.7. The molecule has 0 amide bonds. The van der Waals surface area contributed by atoms with Gasteiger partial charge in [0.15, 0.2) is 0 Å². The maximum atomic E-state index is 6.53. The van der Waals surface area contributed by atoms with Gasteiger partial charge in [-0.2, -0.15) is 18.2 Å². The molecule has 0 N–H and O–H groups in total. The average Bonchev–Trinajstić information content (AvgIpc) is 3.70. The van der Waals surface area contributed by atoms with Gasteiger partial charge in [-0.05, 0) is 96.4 Å². The minimum absolute atomic E-state index is 0. The number of pyridine rings is 1. The minimum atomic E-state index is 0. The zero-order valence-corrected chi connectivity index (χ0v) is 32.4. The van der Waals surface area contributed by atoms with Crippen molar-refractivity contribution in [1.29, 1.82) is 0 Å². The molecule has 0 spiro atoms. The van der Waals surface area contributed by atoms with Gasteiger partial charge in [0, 0.05) is 50.2 Å². The molecule has 4 bridgehead atoms. The summed E-state index contributed by atoms with van der Waals surface area (Å²) in [5, 5.41) is 2.30. The first-order chi connectivity index (χ1) is 26.1. The summed E-state index contributed by atoms with van der Waals surface area (Å²) in [6, 6.07) is 50.2. The second-order valence-electron chi connectivity index (χ2n) is 15.8. The van der Waals surface area contributed by atoms with Gasteiger partial charge in [0.05, 0.1) is 18.1 Å². The molecule has 4 aliphatic rings. The standard InChI is InChI=1S/C48H40N4O.Pt/c1-50-30-51(44-17-8-7-16-43(44)50)37-12-9-13-38(28-37)53-39-18-19-41-40-14-5-6-15-42(40)52(45(41)29-39)46-27-34(20-21-49-46)47(33-10-3-2-4-11-33)48-35-23-31-22-32(25-35)26-36(48)24-31;/h2-21,27,31-32,35-36,47-48H,22-26H2,1H3;/q-2;. The van der Waals surface area contributed by atoms with Crippen LogP contribution in [0.5, 0.6) is 11.5 Å². The second-order valence-corrected chi connectivity index (χ2v) is 15.8. The predicted molar refractivity (Wildman–Crippen MR) is 208 cm³/mol. The van der Waals surface area contributed by atoms with Crippen molar-refractivity contribution in [1.82, 2.24) is 14.1 Å². The van der Waals surface area contributed by atoms with Gasteiger partial charge in [0.25, 0.3) is 0 Å². The molecule has 270 valence electrons. The van der Waals surface area contributed by atoms with Crippen molar-refractivity contribution in [2.75, 3.05) is 0 Å². The van der Waals surface area contributed by atoms with Crippen LogP contribution in [0.25, 0.3) is 44.3 Å². The summed E-state index contributed by atoms with van der Waals surface area (Å²) in [4.78, 5) is 5.07. The van der Waals surface area contributed by atoms with E-state index in [1.807, 2.05) is 58.8 Å². The number of imidazole rings is 1. The van der Waals surface area contributed by atoms with Crippen LogP contribution in [0.15, 0.2) is 128 Å². The van der Waals surface area contributed by atoms with Gasteiger partial charge >= 0.3 is 0 Å². The Bertz CT molecular complexity index is 2630. The quantitative estimate of drug-likeness (QED) is 0.118. The number of rotatable bonds is 7. The van der Waals surface area contributed by atoms with Gasteiger partial charge in [0.1, 0.15) is 5.82 Å². The van der Waals surface area contributed by atoms with E-state index in [1.54, 1.807) is 0 Å². The summed E-state index contributed by atoms with van der Waals surface area (Å²) in [7, 11) is 2.01. The SMILES string of the molecule is C[n+]1[c-]n(-c2[c-]c(Oc3[c-]c4c(cc3)c3ccccc3n4-c3cc(C(c4ccccc4)C4C5CC6CC(C5)CC4C6)ccn3)ccc2)c2ccccc21.[Pt]. The van der Waals surface area contributed by atoms with Crippen LogP contribution in [0, 0.1) is 48.0 Å². The van der Waals surface area contributed by atoms with Crippen molar-refractivity contribution in [3.05, 3.63) is 157 Å². The molecule has 3 aromatic heterocycles. The maximum absolute atomic E-state index is 6.53. The van der Waals surface area contributed by atoms with Crippen LogP contribution in [0.3, 0.4) is 0 Å². The van der Waals surface area contributed by atoms with E-state index in [0.29, 0.717) is 23.3 Å². The zero-order valence-electron chi connectivity index (χ0n) is 30.1. The van der Waals surface area contributed by atoms with E-state index in [9.17, 15) is 0 Å². The smallest absolute Gasteiger partial charge is 0.242 e. The zero-order chi connectivity index (χ0) is 35.0. The van der Waals surface area contributed by atoms with Crippen LogP contribution < -0.4 is 9.30 Å². The van der Waals surface area contributed by atoms with Gasteiger partial charge in [-0.1, -0.05) is 84.0 Å². The topological polar surface area (TPSA) is 35.9 Å². The number of ether oxygens (including phenoxy) is 1. The van der Waals surface area contributed by atoms with Crippen LogP contribution in [-0.2, 0) is 28.1 Å². The number of fused-ring (bicyclic) bond motifs is 4. The molecular formula is C48H40N4OPt-2. The molecule has 6 heteroatoms. The Morgan fingerprint density at radius 3 is 2.22 bits per heavy atom. The molecule has 0 aliphatic heterocycles. The first-order valence-corrected chi connectivity index (χ1v) is 19.2. The fourth-order valence-corrected chi connectivity index (χ4v) is 10.9. The molecule has 0 radical (unpaired) electrons. The summed E-state index contributed by atoms with van der Waals surface area (Å²) in [5.41, 5.74) is 7.89.